The fourth-order valence-corrected chi connectivity index (χ4v) is 6.92. The van der Waals surface area contributed by atoms with Gasteiger partial charge >= 0.3 is 0 Å². The van der Waals surface area contributed by atoms with Crippen molar-refractivity contribution in [2.24, 2.45) is 7.05 Å². The predicted octanol–water partition coefficient (Wildman–Crippen LogP) is 5.95. The number of pyridine rings is 1. The maximum absolute atomic E-state index is 15.9. The minimum atomic E-state index is -0.828. The van der Waals surface area contributed by atoms with Crippen molar-refractivity contribution in [3.63, 3.8) is 0 Å². The van der Waals surface area contributed by atoms with E-state index >= 15 is 4.39 Å². The van der Waals surface area contributed by atoms with Gasteiger partial charge in [-0.3, -0.25) is 14.2 Å². The Hall–Kier alpha value is -4.94. The molecule has 0 bridgehead atoms. The molecule has 0 spiro atoms. The summed E-state index contributed by atoms with van der Waals surface area (Å²) >= 11 is 1.40. The molecule has 228 valence electrons. The summed E-state index contributed by atoms with van der Waals surface area (Å²) in [6.45, 7) is 5.85. The van der Waals surface area contributed by atoms with Crippen molar-refractivity contribution in [1.82, 2.24) is 29.4 Å². The third-order valence-electron chi connectivity index (χ3n) is 7.98. The van der Waals surface area contributed by atoms with Crippen molar-refractivity contribution in [2.75, 3.05) is 13.2 Å². The third-order valence-corrected chi connectivity index (χ3v) is 8.91. The second kappa shape index (κ2) is 11.2. The number of aliphatic hydroxyl groups excluding tert-OH is 1. The molecule has 0 unspecified atom stereocenters. The van der Waals surface area contributed by atoms with Gasteiger partial charge in [-0.25, -0.2) is 13.8 Å². The van der Waals surface area contributed by atoms with Crippen LogP contribution >= 0.6 is 11.3 Å². The fraction of sp³-hybridized carbons (Fsp3) is 0.212. The van der Waals surface area contributed by atoms with Gasteiger partial charge in [0.2, 0.25) is 5.91 Å². The van der Waals surface area contributed by atoms with Crippen LogP contribution in [0.1, 0.15) is 12.6 Å². The molecule has 1 aliphatic rings. The van der Waals surface area contributed by atoms with Crippen LogP contribution in [0.25, 0.3) is 54.8 Å². The average Bonchev–Trinajstić information content (AvgIpc) is 3.75. The molecule has 0 saturated heterocycles. The van der Waals surface area contributed by atoms with Crippen LogP contribution in [-0.2, 0) is 24.9 Å². The first-order chi connectivity index (χ1) is 21.7. The number of carbonyl (C=O) groups is 1. The summed E-state index contributed by atoms with van der Waals surface area (Å²) in [4.78, 5) is 19.4. The standard InChI is InChI=1S/C33H28F2N6O3S/c1-4-28(43)40-17-22-14-26(38-41(22)15-18(40)2)32-30(29-24(35)12-21(34)13-27(29)44-9-8-42)33-23(7-10-45-33)31(36-32)19-5-6-25-20(11-19)16-39(3)37-25/h4-7,10-14,16,18,42H,1,8-9,15,17H2,2-3H3/t18-/m1/s1. The Morgan fingerprint density at radius 3 is 2.80 bits per heavy atom. The quantitative estimate of drug-likeness (QED) is 0.220. The maximum atomic E-state index is 15.9. The Balaban J connectivity index is 1.51. The Bertz CT molecular complexity index is 2130. The van der Waals surface area contributed by atoms with Gasteiger partial charge in [0.05, 0.1) is 42.2 Å². The van der Waals surface area contributed by atoms with Crippen molar-refractivity contribution in [3.05, 3.63) is 84.0 Å². The van der Waals surface area contributed by atoms with E-state index in [0.29, 0.717) is 40.4 Å². The number of hydrogen-bond donors (Lipinski definition) is 1. The van der Waals surface area contributed by atoms with Crippen LogP contribution in [0.2, 0.25) is 0 Å². The van der Waals surface area contributed by atoms with Crippen molar-refractivity contribution < 1.29 is 23.4 Å². The first kappa shape index (κ1) is 28.8. The number of carbonyl (C=O) groups excluding carboxylic acids is 1. The number of aliphatic hydroxyl groups is 1. The molecule has 1 amide bonds. The zero-order valence-electron chi connectivity index (χ0n) is 24.5. The van der Waals surface area contributed by atoms with Gasteiger partial charge in [-0.1, -0.05) is 12.6 Å². The van der Waals surface area contributed by atoms with Crippen molar-refractivity contribution in [3.8, 4) is 39.5 Å². The number of nitrogens with zero attached hydrogens (tertiary/aromatic N) is 6. The highest BCUT2D eigenvalue weighted by Crippen LogP contribution is 2.47. The highest BCUT2D eigenvalue weighted by molar-refractivity contribution is 7.18. The zero-order valence-corrected chi connectivity index (χ0v) is 25.3. The van der Waals surface area contributed by atoms with E-state index in [9.17, 15) is 14.3 Å². The number of ether oxygens (including phenoxy) is 1. The number of aryl methyl sites for hydroxylation is 1. The highest BCUT2D eigenvalue weighted by atomic mass is 32.1. The van der Waals surface area contributed by atoms with E-state index in [1.54, 1.807) is 9.58 Å². The van der Waals surface area contributed by atoms with E-state index in [0.717, 1.165) is 39.7 Å². The van der Waals surface area contributed by atoms with Gasteiger partial charge in [0.25, 0.3) is 0 Å². The summed E-state index contributed by atoms with van der Waals surface area (Å²) in [6.07, 6.45) is 3.23. The van der Waals surface area contributed by atoms with Crippen molar-refractivity contribution in [1.29, 1.82) is 0 Å². The molecular weight excluding hydrogens is 598 g/mol. The summed E-state index contributed by atoms with van der Waals surface area (Å²) in [7, 11) is 1.86. The molecule has 6 aromatic rings. The molecule has 0 saturated carbocycles. The lowest BCUT2D eigenvalue weighted by molar-refractivity contribution is -0.129. The van der Waals surface area contributed by atoms with E-state index in [-0.39, 0.29) is 36.5 Å². The normalized spacial score (nSPS) is 14.7. The lowest BCUT2D eigenvalue weighted by Crippen LogP contribution is -2.44. The number of aromatic nitrogens is 5. The molecule has 5 heterocycles. The first-order valence-corrected chi connectivity index (χ1v) is 15.2. The molecule has 1 N–H and O–H groups in total. The molecule has 0 radical (unpaired) electrons. The Morgan fingerprint density at radius 1 is 1.16 bits per heavy atom. The Morgan fingerprint density at radius 2 is 2.00 bits per heavy atom. The monoisotopic (exact) mass is 626 g/mol. The first-order valence-electron chi connectivity index (χ1n) is 14.3. The Labute approximate surface area is 260 Å². The van der Waals surface area contributed by atoms with E-state index in [1.807, 2.05) is 60.6 Å². The largest absolute Gasteiger partial charge is 0.490 e. The summed E-state index contributed by atoms with van der Waals surface area (Å²) in [5.41, 5.74) is 4.40. The van der Waals surface area contributed by atoms with Gasteiger partial charge in [0.1, 0.15) is 35.4 Å². The minimum absolute atomic E-state index is 0.0249. The Kier molecular flexibility index (Phi) is 7.17. The number of benzene rings is 2. The lowest BCUT2D eigenvalue weighted by Gasteiger charge is -2.33. The summed E-state index contributed by atoms with van der Waals surface area (Å²) in [5, 5.41) is 22.5. The third kappa shape index (κ3) is 4.95. The van der Waals surface area contributed by atoms with Crippen LogP contribution in [0.5, 0.6) is 5.75 Å². The average molecular weight is 627 g/mol. The fourth-order valence-electron chi connectivity index (χ4n) is 5.97. The van der Waals surface area contributed by atoms with Crippen LogP contribution in [0.3, 0.4) is 0 Å². The maximum Gasteiger partial charge on any atom is 0.246 e. The van der Waals surface area contributed by atoms with E-state index in [2.05, 4.69) is 11.7 Å². The van der Waals surface area contributed by atoms with Gasteiger partial charge < -0.3 is 14.7 Å². The SMILES string of the molecule is C=CC(=O)N1Cc2cc(-c3nc(-c4ccc5nn(C)cc5c4)c4ccsc4c3-c3c(F)cc(F)cc3OCCO)nn2C[C@H]1C. The smallest absolute Gasteiger partial charge is 0.246 e. The van der Waals surface area contributed by atoms with Crippen LogP contribution in [-0.4, -0.2) is 59.7 Å². The molecule has 0 aliphatic carbocycles. The second-order valence-electron chi connectivity index (χ2n) is 11.0. The molecule has 1 aliphatic heterocycles. The molecule has 9 nitrogen and oxygen atoms in total. The number of thiophene rings is 1. The van der Waals surface area contributed by atoms with E-state index < -0.39 is 11.6 Å². The highest BCUT2D eigenvalue weighted by Gasteiger charge is 2.30. The van der Waals surface area contributed by atoms with Gasteiger partial charge in [-0.05, 0) is 42.6 Å². The van der Waals surface area contributed by atoms with Gasteiger partial charge in [0, 0.05) is 58.0 Å². The van der Waals surface area contributed by atoms with Gasteiger partial charge in [-0.15, -0.1) is 11.3 Å². The second-order valence-corrected chi connectivity index (χ2v) is 11.9. The molecule has 1 atom stereocenters. The molecule has 0 fully saturated rings. The number of rotatable bonds is 7. The van der Waals surface area contributed by atoms with Crippen molar-refractivity contribution >= 4 is 38.2 Å². The van der Waals surface area contributed by atoms with Crippen LogP contribution in [0, 0.1) is 11.6 Å². The lowest BCUT2D eigenvalue weighted by atomic mass is 9.96. The predicted molar refractivity (Wildman–Crippen MR) is 169 cm³/mol. The van der Waals surface area contributed by atoms with Crippen LogP contribution < -0.4 is 4.74 Å². The molecule has 7 rings (SSSR count). The molecule has 45 heavy (non-hydrogen) atoms. The van der Waals surface area contributed by atoms with E-state index in [4.69, 9.17) is 14.8 Å². The van der Waals surface area contributed by atoms with Crippen LogP contribution in [0.15, 0.2) is 66.7 Å². The number of fused-ring (bicyclic) bond motifs is 3. The summed E-state index contributed by atoms with van der Waals surface area (Å²) in [5.74, 6) is -1.86. The molecule has 2 aromatic carbocycles. The summed E-state index contributed by atoms with van der Waals surface area (Å²) < 4.78 is 40.4. The van der Waals surface area contributed by atoms with Gasteiger partial charge in [-0.2, -0.15) is 10.2 Å². The van der Waals surface area contributed by atoms with Gasteiger partial charge in [0.15, 0.2) is 0 Å². The number of hydrogen-bond acceptors (Lipinski definition) is 7. The van der Waals surface area contributed by atoms with E-state index in [1.165, 1.54) is 17.4 Å². The molecular formula is C33H28F2N6O3S. The van der Waals surface area contributed by atoms with Crippen molar-refractivity contribution in [2.45, 2.75) is 26.1 Å². The number of halogens is 2. The molecule has 12 heteroatoms. The molecule has 4 aromatic heterocycles. The minimum Gasteiger partial charge on any atom is -0.490 e. The zero-order chi connectivity index (χ0) is 31.4. The summed E-state index contributed by atoms with van der Waals surface area (Å²) in [6, 6.07) is 11.5. The number of amides is 1. The van der Waals surface area contributed by atoms with Crippen LogP contribution in [0.4, 0.5) is 8.78 Å². The topological polar surface area (TPSA) is 98.3 Å².